The van der Waals surface area contributed by atoms with Crippen molar-refractivity contribution in [3.8, 4) is 0 Å². The molecule has 0 aromatic heterocycles. The van der Waals surface area contributed by atoms with Gasteiger partial charge in [0.15, 0.2) is 0 Å². The van der Waals surface area contributed by atoms with Crippen molar-refractivity contribution in [2.75, 3.05) is 18.0 Å². The second-order valence-corrected chi connectivity index (χ2v) is 5.53. The van der Waals surface area contributed by atoms with Crippen LogP contribution in [0.1, 0.15) is 38.3 Å². The predicted octanol–water partition coefficient (Wildman–Crippen LogP) is 2.44. The summed E-state index contributed by atoms with van der Waals surface area (Å²) in [6, 6.07) is 4.91. The van der Waals surface area contributed by atoms with Crippen molar-refractivity contribution in [3.63, 3.8) is 0 Å². The highest BCUT2D eigenvalue weighted by Gasteiger charge is 2.26. The molecule has 1 aliphatic heterocycles. The van der Waals surface area contributed by atoms with Crippen LogP contribution in [-0.2, 0) is 0 Å². The van der Waals surface area contributed by atoms with Gasteiger partial charge in [-0.15, -0.1) is 0 Å². The Morgan fingerprint density at radius 3 is 2.47 bits per heavy atom. The van der Waals surface area contributed by atoms with Crippen LogP contribution in [0.3, 0.4) is 0 Å². The molecule has 1 fully saturated rings. The van der Waals surface area contributed by atoms with Gasteiger partial charge in [-0.2, -0.15) is 0 Å². The van der Waals surface area contributed by atoms with Gasteiger partial charge in [0.25, 0.3) is 0 Å². The molecule has 1 aliphatic rings. The van der Waals surface area contributed by atoms with Crippen molar-refractivity contribution in [2.45, 2.75) is 38.8 Å². The van der Waals surface area contributed by atoms with Gasteiger partial charge < -0.3 is 15.7 Å². The lowest BCUT2D eigenvalue weighted by Crippen LogP contribution is -2.38. The molecule has 0 bridgehead atoms. The van der Waals surface area contributed by atoms with Crippen molar-refractivity contribution in [1.82, 2.24) is 0 Å². The molecule has 0 amide bonds. The Bertz CT molecular complexity index is 426. The minimum Gasteiger partial charge on any atom is -0.393 e. The molecule has 2 rings (SSSR count). The molecular formula is C15H23FN2O. The van der Waals surface area contributed by atoms with E-state index in [0.717, 1.165) is 31.5 Å². The quantitative estimate of drug-likeness (QED) is 0.883. The molecule has 1 aromatic rings. The molecule has 1 unspecified atom stereocenters. The summed E-state index contributed by atoms with van der Waals surface area (Å²) in [5, 5.41) is 9.62. The van der Waals surface area contributed by atoms with Gasteiger partial charge in [-0.25, -0.2) is 4.39 Å². The van der Waals surface area contributed by atoms with Gasteiger partial charge in [0, 0.05) is 19.1 Å². The number of rotatable bonds is 3. The molecule has 0 saturated carbocycles. The molecule has 4 heteroatoms. The smallest absolute Gasteiger partial charge is 0.146 e. The van der Waals surface area contributed by atoms with E-state index in [1.54, 1.807) is 6.07 Å². The van der Waals surface area contributed by atoms with Crippen LogP contribution in [0.5, 0.6) is 0 Å². The van der Waals surface area contributed by atoms with Crippen LogP contribution in [0.2, 0.25) is 0 Å². The van der Waals surface area contributed by atoms with E-state index in [1.165, 1.54) is 6.07 Å². The normalized spacial score (nSPS) is 20.4. The number of benzene rings is 1. The Labute approximate surface area is 114 Å². The monoisotopic (exact) mass is 266 g/mol. The van der Waals surface area contributed by atoms with Gasteiger partial charge >= 0.3 is 0 Å². The van der Waals surface area contributed by atoms with Crippen molar-refractivity contribution in [1.29, 1.82) is 0 Å². The Balaban J connectivity index is 2.19. The molecule has 106 valence electrons. The number of anilines is 1. The molecule has 0 spiro atoms. The number of aliphatic hydroxyl groups excluding tert-OH is 1. The SMILES string of the molecule is CC(O)C1CCN(c2c(F)cccc2[C@@H](C)N)CC1. The molecule has 1 heterocycles. The van der Waals surface area contributed by atoms with Crippen molar-refractivity contribution in [3.05, 3.63) is 29.6 Å². The summed E-state index contributed by atoms with van der Waals surface area (Å²) in [6.45, 7) is 5.25. The van der Waals surface area contributed by atoms with E-state index < -0.39 is 0 Å². The number of hydrogen-bond acceptors (Lipinski definition) is 3. The van der Waals surface area contributed by atoms with E-state index in [9.17, 15) is 9.50 Å². The fourth-order valence-corrected chi connectivity index (χ4v) is 2.84. The van der Waals surface area contributed by atoms with Crippen LogP contribution in [0.15, 0.2) is 18.2 Å². The number of aliphatic hydroxyl groups is 1. The minimum absolute atomic E-state index is 0.180. The lowest BCUT2D eigenvalue weighted by atomic mass is 9.91. The number of nitrogens with zero attached hydrogens (tertiary/aromatic N) is 1. The zero-order valence-electron chi connectivity index (χ0n) is 11.6. The largest absolute Gasteiger partial charge is 0.393 e. The molecule has 1 aromatic carbocycles. The Kier molecular flexibility index (Phi) is 4.42. The summed E-state index contributed by atoms with van der Waals surface area (Å²) >= 11 is 0. The van der Waals surface area contributed by atoms with Crippen LogP contribution >= 0.6 is 0 Å². The highest BCUT2D eigenvalue weighted by Crippen LogP contribution is 2.32. The molecule has 0 radical (unpaired) electrons. The van der Waals surface area contributed by atoms with E-state index in [0.29, 0.717) is 11.6 Å². The lowest BCUT2D eigenvalue weighted by Gasteiger charge is -2.36. The number of hydrogen-bond donors (Lipinski definition) is 2. The molecule has 3 nitrogen and oxygen atoms in total. The summed E-state index contributed by atoms with van der Waals surface area (Å²) in [5.74, 6) is 0.118. The first-order valence-electron chi connectivity index (χ1n) is 6.97. The first-order valence-corrected chi connectivity index (χ1v) is 6.97. The summed E-state index contributed by atoms with van der Waals surface area (Å²) in [6.07, 6.45) is 1.50. The fraction of sp³-hybridized carbons (Fsp3) is 0.600. The first-order chi connectivity index (χ1) is 9.00. The van der Waals surface area contributed by atoms with Crippen molar-refractivity contribution >= 4 is 5.69 Å². The highest BCUT2D eigenvalue weighted by atomic mass is 19.1. The average molecular weight is 266 g/mol. The minimum atomic E-state index is -0.282. The third kappa shape index (κ3) is 3.07. The average Bonchev–Trinajstić information content (AvgIpc) is 2.38. The number of nitrogens with two attached hydrogens (primary N) is 1. The van der Waals surface area contributed by atoms with Crippen LogP contribution in [0.25, 0.3) is 0 Å². The standard InChI is InChI=1S/C15H23FN2O/c1-10(17)13-4-3-5-14(16)15(13)18-8-6-12(7-9-18)11(2)19/h3-5,10-12,19H,6-9,17H2,1-2H3/t10-,11?/m1/s1. The molecule has 2 atom stereocenters. The Morgan fingerprint density at radius 2 is 1.95 bits per heavy atom. The summed E-state index contributed by atoms with van der Waals surface area (Å²) in [7, 11) is 0. The van der Waals surface area contributed by atoms with Crippen LogP contribution in [-0.4, -0.2) is 24.3 Å². The van der Waals surface area contributed by atoms with E-state index in [-0.39, 0.29) is 18.0 Å². The molecule has 19 heavy (non-hydrogen) atoms. The number of para-hydroxylation sites is 1. The maximum atomic E-state index is 14.1. The predicted molar refractivity (Wildman–Crippen MR) is 75.6 cm³/mol. The van der Waals surface area contributed by atoms with E-state index in [2.05, 4.69) is 4.90 Å². The first kappa shape index (κ1) is 14.3. The van der Waals surface area contributed by atoms with Crippen molar-refractivity contribution < 1.29 is 9.50 Å². The van der Waals surface area contributed by atoms with Gasteiger partial charge in [-0.1, -0.05) is 12.1 Å². The van der Waals surface area contributed by atoms with Crippen LogP contribution < -0.4 is 10.6 Å². The van der Waals surface area contributed by atoms with Gasteiger partial charge in [0.2, 0.25) is 0 Å². The Morgan fingerprint density at radius 1 is 1.32 bits per heavy atom. The Hall–Kier alpha value is -1.13. The molecule has 3 N–H and O–H groups in total. The van der Waals surface area contributed by atoms with Crippen LogP contribution in [0, 0.1) is 11.7 Å². The van der Waals surface area contributed by atoms with Crippen molar-refractivity contribution in [2.24, 2.45) is 11.7 Å². The topological polar surface area (TPSA) is 49.5 Å². The second-order valence-electron chi connectivity index (χ2n) is 5.53. The maximum absolute atomic E-state index is 14.1. The molecule has 0 aliphatic carbocycles. The number of halogens is 1. The molecular weight excluding hydrogens is 243 g/mol. The highest BCUT2D eigenvalue weighted by molar-refractivity contribution is 5.56. The van der Waals surface area contributed by atoms with Crippen LogP contribution in [0.4, 0.5) is 10.1 Å². The number of piperidine rings is 1. The van der Waals surface area contributed by atoms with E-state index in [4.69, 9.17) is 5.73 Å². The third-order valence-electron chi connectivity index (χ3n) is 4.05. The summed E-state index contributed by atoms with van der Waals surface area (Å²) in [4.78, 5) is 2.06. The summed E-state index contributed by atoms with van der Waals surface area (Å²) in [5.41, 5.74) is 7.43. The summed E-state index contributed by atoms with van der Waals surface area (Å²) < 4.78 is 14.1. The van der Waals surface area contributed by atoms with Gasteiger partial charge in [-0.05, 0) is 44.2 Å². The van der Waals surface area contributed by atoms with Gasteiger partial charge in [0.05, 0.1) is 11.8 Å². The maximum Gasteiger partial charge on any atom is 0.146 e. The third-order valence-corrected chi connectivity index (χ3v) is 4.05. The second kappa shape index (κ2) is 5.88. The van der Waals surface area contributed by atoms with E-state index >= 15 is 0 Å². The zero-order valence-corrected chi connectivity index (χ0v) is 11.6. The zero-order chi connectivity index (χ0) is 14.0. The van der Waals surface area contributed by atoms with E-state index in [1.807, 2.05) is 19.9 Å². The van der Waals surface area contributed by atoms with Gasteiger partial charge in [0.1, 0.15) is 5.82 Å². The lowest BCUT2D eigenvalue weighted by molar-refractivity contribution is 0.110. The fourth-order valence-electron chi connectivity index (χ4n) is 2.84. The van der Waals surface area contributed by atoms with Gasteiger partial charge in [-0.3, -0.25) is 0 Å². The molecule has 1 saturated heterocycles.